The zero-order valence-electron chi connectivity index (χ0n) is 17.6. The third-order valence-electron chi connectivity index (χ3n) is 6.54. The maximum absolute atomic E-state index is 13.1. The second-order valence-electron chi connectivity index (χ2n) is 8.80. The lowest BCUT2D eigenvalue weighted by Gasteiger charge is -2.28. The SMILES string of the molecule is Cc1c(Cl)cccc1NC(=O)COC(=O)[C@H](C(C)C)N1C(=O)[C@H]2[C@H](C1=O)[C@H]1C=C[C@H]2C1. The lowest BCUT2D eigenvalue weighted by Crippen LogP contribution is -2.50. The van der Waals surface area contributed by atoms with Gasteiger partial charge in [-0.2, -0.15) is 0 Å². The van der Waals surface area contributed by atoms with Crippen molar-refractivity contribution in [3.63, 3.8) is 0 Å². The molecule has 0 radical (unpaired) electrons. The van der Waals surface area contributed by atoms with Crippen LogP contribution in [-0.4, -0.2) is 41.2 Å². The Kier molecular flexibility index (Phi) is 5.64. The van der Waals surface area contributed by atoms with Crippen LogP contribution in [0.2, 0.25) is 5.02 Å². The summed E-state index contributed by atoms with van der Waals surface area (Å²) in [7, 11) is 0. The van der Waals surface area contributed by atoms with E-state index in [0.29, 0.717) is 16.3 Å². The van der Waals surface area contributed by atoms with Crippen LogP contribution in [0, 0.1) is 36.5 Å². The largest absolute Gasteiger partial charge is 0.454 e. The summed E-state index contributed by atoms with van der Waals surface area (Å²) in [5.41, 5.74) is 1.22. The molecule has 0 aromatic heterocycles. The molecule has 1 saturated carbocycles. The molecule has 2 aliphatic carbocycles. The zero-order chi connectivity index (χ0) is 22.4. The van der Waals surface area contributed by atoms with Gasteiger partial charge in [-0.1, -0.05) is 43.7 Å². The van der Waals surface area contributed by atoms with E-state index in [1.807, 2.05) is 12.2 Å². The lowest BCUT2D eigenvalue weighted by molar-refractivity contribution is -0.162. The standard InChI is InChI=1S/C23H25ClN2O5/c1-11(2)20(26-21(28)18-13-7-8-14(9-13)19(18)22(26)29)23(30)31-10-17(27)25-16-6-4-5-15(24)12(16)3/h4-8,11,13-14,18-20H,9-10H2,1-3H3,(H,25,27)/t13-,14-,18+,19+,20-/m0/s1. The zero-order valence-corrected chi connectivity index (χ0v) is 18.4. The molecular weight excluding hydrogens is 420 g/mol. The van der Waals surface area contributed by atoms with Crippen LogP contribution < -0.4 is 5.32 Å². The number of esters is 1. The molecule has 1 aromatic carbocycles. The van der Waals surface area contributed by atoms with Crippen molar-refractivity contribution in [2.45, 2.75) is 33.2 Å². The molecule has 1 aliphatic heterocycles. The van der Waals surface area contributed by atoms with E-state index in [0.717, 1.165) is 11.3 Å². The highest BCUT2D eigenvalue weighted by molar-refractivity contribution is 6.31. The smallest absolute Gasteiger partial charge is 0.330 e. The number of carbonyl (C=O) groups is 4. The van der Waals surface area contributed by atoms with Crippen molar-refractivity contribution in [3.05, 3.63) is 40.9 Å². The number of likely N-dealkylation sites (tertiary alicyclic amines) is 1. The van der Waals surface area contributed by atoms with Gasteiger partial charge < -0.3 is 10.1 Å². The average Bonchev–Trinajstić information content (AvgIpc) is 3.40. The number of imide groups is 1. The van der Waals surface area contributed by atoms with E-state index in [2.05, 4.69) is 5.32 Å². The predicted molar refractivity (Wildman–Crippen MR) is 114 cm³/mol. The van der Waals surface area contributed by atoms with Gasteiger partial charge in [0.25, 0.3) is 5.91 Å². The number of nitrogens with zero attached hydrogens (tertiary/aromatic N) is 1. The quantitative estimate of drug-likeness (QED) is 0.413. The van der Waals surface area contributed by atoms with Crippen molar-refractivity contribution < 1.29 is 23.9 Å². The van der Waals surface area contributed by atoms with Gasteiger partial charge in [-0.15, -0.1) is 0 Å². The number of ether oxygens (including phenoxy) is 1. The van der Waals surface area contributed by atoms with Gasteiger partial charge in [0.05, 0.1) is 11.8 Å². The normalized spacial score (nSPS) is 27.1. The topological polar surface area (TPSA) is 92.8 Å². The molecule has 2 fully saturated rings. The van der Waals surface area contributed by atoms with Crippen LogP contribution in [0.15, 0.2) is 30.4 Å². The summed E-state index contributed by atoms with van der Waals surface area (Å²) in [6, 6.07) is 4.06. The molecule has 164 valence electrons. The van der Waals surface area contributed by atoms with Crippen LogP contribution >= 0.6 is 11.6 Å². The number of rotatable bonds is 6. The Labute approximate surface area is 185 Å². The van der Waals surface area contributed by atoms with Crippen molar-refractivity contribution in [1.29, 1.82) is 0 Å². The molecule has 8 heteroatoms. The summed E-state index contributed by atoms with van der Waals surface area (Å²) in [5.74, 6) is -2.88. The Morgan fingerprint density at radius 1 is 1.16 bits per heavy atom. The Morgan fingerprint density at radius 3 is 2.35 bits per heavy atom. The number of hydrogen-bond acceptors (Lipinski definition) is 5. The van der Waals surface area contributed by atoms with Crippen molar-refractivity contribution in [1.82, 2.24) is 4.90 Å². The number of allylic oxidation sites excluding steroid dienone is 2. The van der Waals surface area contributed by atoms with Crippen LogP contribution in [0.5, 0.6) is 0 Å². The van der Waals surface area contributed by atoms with Gasteiger partial charge in [0, 0.05) is 10.7 Å². The van der Waals surface area contributed by atoms with Crippen LogP contribution in [0.4, 0.5) is 5.69 Å². The van der Waals surface area contributed by atoms with E-state index in [9.17, 15) is 19.2 Å². The number of benzene rings is 1. The van der Waals surface area contributed by atoms with Crippen LogP contribution in [-0.2, 0) is 23.9 Å². The molecule has 31 heavy (non-hydrogen) atoms. The highest BCUT2D eigenvalue weighted by Gasteiger charge is 2.61. The van der Waals surface area contributed by atoms with Crippen molar-refractivity contribution in [3.8, 4) is 0 Å². The minimum atomic E-state index is -1.05. The maximum Gasteiger partial charge on any atom is 0.330 e. The number of amides is 3. The van der Waals surface area contributed by atoms with E-state index < -0.39 is 24.5 Å². The Hall–Kier alpha value is -2.67. The Balaban J connectivity index is 1.43. The summed E-state index contributed by atoms with van der Waals surface area (Å²) in [6.07, 6.45) is 4.83. The van der Waals surface area contributed by atoms with Gasteiger partial charge >= 0.3 is 5.97 Å². The number of hydrogen-bond donors (Lipinski definition) is 1. The summed E-state index contributed by atoms with van der Waals surface area (Å²) in [6.45, 7) is 4.75. The van der Waals surface area contributed by atoms with E-state index in [1.54, 1.807) is 39.0 Å². The third kappa shape index (κ3) is 3.65. The average molecular weight is 445 g/mol. The van der Waals surface area contributed by atoms with Crippen molar-refractivity contribution >= 4 is 41.0 Å². The molecule has 2 bridgehead atoms. The first kappa shape index (κ1) is 21.6. The monoisotopic (exact) mass is 444 g/mol. The van der Waals surface area contributed by atoms with E-state index in [4.69, 9.17) is 16.3 Å². The molecule has 1 saturated heterocycles. The molecular formula is C23H25ClN2O5. The molecule has 0 unspecified atom stereocenters. The van der Waals surface area contributed by atoms with Gasteiger partial charge in [0.2, 0.25) is 11.8 Å². The number of nitrogens with one attached hydrogen (secondary N) is 1. The first-order valence-corrected chi connectivity index (χ1v) is 10.8. The Morgan fingerprint density at radius 2 is 1.77 bits per heavy atom. The predicted octanol–water partition coefficient (Wildman–Crippen LogP) is 2.96. The molecule has 7 nitrogen and oxygen atoms in total. The Bertz CT molecular complexity index is 958. The highest BCUT2D eigenvalue weighted by Crippen LogP contribution is 2.53. The minimum Gasteiger partial charge on any atom is -0.454 e. The minimum absolute atomic E-state index is 0.0620. The van der Waals surface area contributed by atoms with Crippen LogP contribution in [0.1, 0.15) is 25.8 Å². The van der Waals surface area contributed by atoms with Gasteiger partial charge in [-0.25, -0.2) is 4.79 Å². The molecule has 1 heterocycles. The fourth-order valence-corrected chi connectivity index (χ4v) is 5.20. The highest BCUT2D eigenvalue weighted by atomic mass is 35.5. The molecule has 5 atom stereocenters. The number of fused-ring (bicyclic) bond motifs is 5. The molecule has 3 aliphatic rings. The molecule has 3 amide bonds. The maximum atomic E-state index is 13.1. The van der Waals surface area contributed by atoms with E-state index in [-0.39, 0.29) is 41.4 Å². The molecule has 1 N–H and O–H groups in total. The summed E-state index contributed by atoms with van der Waals surface area (Å²) in [5, 5.41) is 3.17. The summed E-state index contributed by atoms with van der Waals surface area (Å²) >= 11 is 6.06. The summed E-state index contributed by atoms with van der Waals surface area (Å²) in [4.78, 5) is 52.4. The fourth-order valence-electron chi connectivity index (χ4n) is 5.03. The van der Waals surface area contributed by atoms with Crippen molar-refractivity contribution in [2.75, 3.05) is 11.9 Å². The summed E-state index contributed by atoms with van der Waals surface area (Å²) < 4.78 is 5.22. The van der Waals surface area contributed by atoms with Gasteiger partial charge in [-0.3, -0.25) is 19.3 Å². The third-order valence-corrected chi connectivity index (χ3v) is 6.95. The first-order chi connectivity index (χ1) is 14.7. The fraction of sp³-hybridized carbons (Fsp3) is 0.478. The van der Waals surface area contributed by atoms with Crippen molar-refractivity contribution in [2.24, 2.45) is 29.6 Å². The number of carbonyl (C=O) groups excluding carboxylic acids is 4. The molecule has 4 rings (SSSR count). The first-order valence-electron chi connectivity index (χ1n) is 10.5. The van der Waals surface area contributed by atoms with Gasteiger partial charge in [0.15, 0.2) is 6.61 Å². The van der Waals surface area contributed by atoms with Gasteiger partial charge in [-0.05, 0) is 48.8 Å². The lowest BCUT2D eigenvalue weighted by atomic mass is 9.85. The molecule has 1 aromatic rings. The van der Waals surface area contributed by atoms with E-state index in [1.165, 1.54) is 0 Å². The van der Waals surface area contributed by atoms with Gasteiger partial charge in [0.1, 0.15) is 6.04 Å². The second kappa shape index (κ2) is 8.11. The molecule has 0 spiro atoms. The van der Waals surface area contributed by atoms with E-state index >= 15 is 0 Å². The second-order valence-corrected chi connectivity index (χ2v) is 9.21. The number of halogens is 1. The van der Waals surface area contributed by atoms with Crippen LogP contribution in [0.25, 0.3) is 0 Å². The van der Waals surface area contributed by atoms with Crippen LogP contribution in [0.3, 0.4) is 0 Å². The number of anilines is 1.